The van der Waals surface area contributed by atoms with E-state index in [-0.39, 0.29) is 24.0 Å². The number of nitrogens with zero attached hydrogens (tertiary/aromatic N) is 1. The van der Waals surface area contributed by atoms with Gasteiger partial charge in [0.05, 0.1) is 27.4 Å². The molecule has 0 aliphatic rings. The van der Waals surface area contributed by atoms with Crippen LogP contribution in [0.1, 0.15) is 23.6 Å². The number of benzene rings is 2. The van der Waals surface area contributed by atoms with E-state index in [2.05, 4.69) is 33.8 Å². The van der Waals surface area contributed by atoms with Crippen LogP contribution in [-0.4, -0.2) is 33.8 Å². The Balaban J connectivity index is 0.00000392. The third-order valence-electron chi connectivity index (χ3n) is 4.01. The molecule has 0 aliphatic carbocycles. The number of halogens is 1. The lowest BCUT2D eigenvalue weighted by atomic mass is 10.1. The standard InChI is InChI=1S/C21H29N3O3.HI/c1-5-22-21(23-13-16-7-6-8-17(11-16)15-25-2)24-14-18-9-10-19(26-3)12-20(18)27-4;/h6-12H,5,13-15H2,1-4H3,(H2,22,23,24);1H. The Morgan fingerprint density at radius 1 is 0.964 bits per heavy atom. The monoisotopic (exact) mass is 499 g/mol. The smallest absolute Gasteiger partial charge is 0.191 e. The average Bonchev–Trinajstić information content (AvgIpc) is 2.70. The molecule has 6 nitrogen and oxygen atoms in total. The molecule has 2 aromatic carbocycles. The van der Waals surface area contributed by atoms with Crippen molar-refractivity contribution in [3.8, 4) is 11.5 Å². The highest BCUT2D eigenvalue weighted by Gasteiger charge is 2.06. The van der Waals surface area contributed by atoms with Gasteiger partial charge in [-0.2, -0.15) is 0 Å². The summed E-state index contributed by atoms with van der Waals surface area (Å²) in [7, 11) is 5.00. The number of hydrogen-bond acceptors (Lipinski definition) is 4. The van der Waals surface area contributed by atoms with Crippen LogP contribution in [0.25, 0.3) is 0 Å². The minimum Gasteiger partial charge on any atom is -0.497 e. The van der Waals surface area contributed by atoms with E-state index in [9.17, 15) is 0 Å². The summed E-state index contributed by atoms with van der Waals surface area (Å²) in [5, 5.41) is 6.62. The molecule has 0 bridgehead atoms. The third-order valence-corrected chi connectivity index (χ3v) is 4.01. The number of methoxy groups -OCH3 is 3. The lowest BCUT2D eigenvalue weighted by Crippen LogP contribution is -2.36. The molecule has 0 atom stereocenters. The van der Waals surface area contributed by atoms with Gasteiger partial charge in [0.1, 0.15) is 11.5 Å². The van der Waals surface area contributed by atoms with Gasteiger partial charge < -0.3 is 24.8 Å². The Hall–Kier alpha value is -2.00. The zero-order valence-corrected chi connectivity index (χ0v) is 19.3. The van der Waals surface area contributed by atoms with Gasteiger partial charge >= 0.3 is 0 Å². The van der Waals surface area contributed by atoms with E-state index in [0.717, 1.165) is 40.7 Å². The van der Waals surface area contributed by atoms with Crippen LogP contribution in [0.3, 0.4) is 0 Å². The van der Waals surface area contributed by atoms with E-state index in [1.54, 1.807) is 21.3 Å². The van der Waals surface area contributed by atoms with Gasteiger partial charge in [-0.15, -0.1) is 24.0 Å². The average molecular weight is 499 g/mol. The lowest BCUT2D eigenvalue weighted by Gasteiger charge is -2.14. The van der Waals surface area contributed by atoms with Gasteiger partial charge in [-0.05, 0) is 30.2 Å². The van der Waals surface area contributed by atoms with Gasteiger partial charge in [0, 0.05) is 31.8 Å². The molecule has 28 heavy (non-hydrogen) atoms. The first-order valence-electron chi connectivity index (χ1n) is 9.00. The van der Waals surface area contributed by atoms with Crippen molar-refractivity contribution in [2.75, 3.05) is 27.9 Å². The second-order valence-corrected chi connectivity index (χ2v) is 5.98. The minimum absolute atomic E-state index is 0. The van der Waals surface area contributed by atoms with E-state index in [0.29, 0.717) is 19.7 Å². The summed E-state index contributed by atoms with van der Waals surface area (Å²) in [4.78, 5) is 4.68. The second kappa shape index (κ2) is 13.2. The summed E-state index contributed by atoms with van der Waals surface area (Å²) >= 11 is 0. The molecule has 0 radical (unpaired) electrons. The van der Waals surface area contributed by atoms with Crippen LogP contribution in [0, 0.1) is 0 Å². The fourth-order valence-corrected chi connectivity index (χ4v) is 2.67. The van der Waals surface area contributed by atoms with Crippen LogP contribution in [0.5, 0.6) is 11.5 Å². The molecule has 0 heterocycles. The molecule has 154 valence electrons. The summed E-state index contributed by atoms with van der Waals surface area (Å²) in [5.74, 6) is 2.31. The third kappa shape index (κ3) is 7.55. The highest BCUT2D eigenvalue weighted by atomic mass is 127. The summed E-state index contributed by atoms with van der Waals surface area (Å²) in [6.45, 7) is 4.63. The second-order valence-electron chi connectivity index (χ2n) is 5.98. The Morgan fingerprint density at radius 2 is 1.75 bits per heavy atom. The molecule has 0 aromatic heterocycles. The van der Waals surface area contributed by atoms with Crippen molar-refractivity contribution in [2.24, 2.45) is 4.99 Å². The molecular formula is C21H30IN3O3. The lowest BCUT2D eigenvalue weighted by molar-refractivity contribution is 0.185. The van der Waals surface area contributed by atoms with Crippen molar-refractivity contribution in [2.45, 2.75) is 26.6 Å². The number of hydrogen-bond donors (Lipinski definition) is 2. The van der Waals surface area contributed by atoms with Crippen molar-refractivity contribution in [1.82, 2.24) is 10.6 Å². The first kappa shape index (κ1) is 24.0. The van der Waals surface area contributed by atoms with Crippen molar-refractivity contribution in [3.63, 3.8) is 0 Å². The number of nitrogens with one attached hydrogen (secondary N) is 2. The van der Waals surface area contributed by atoms with Crippen LogP contribution in [0.4, 0.5) is 0 Å². The zero-order chi connectivity index (χ0) is 19.5. The van der Waals surface area contributed by atoms with Gasteiger partial charge in [0.15, 0.2) is 5.96 Å². The molecule has 2 aromatic rings. The summed E-state index contributed by atoms with van der Waals surface area (Å²) in [6, 6.07) is 14.1. The molecule has 2 rings (SSSR count). The first-order valence-corrected chi connectivity index (χ1v) is 9.00. The number of rotatable bonds is 9. The predicted molar refractivity (Wildman–Crippen MR) is 124 cm³/mol. The van der Waals surface area contributed by atoms with Crippen molar-refractivity contribution >= 4 is 29.9 Å². The zero-order valence-electron chi connectivity index (χ0n) is 17.0. The highest BCUT2D eigenvalue weighted by molar-refractivity contribution is 14.0. The topological polar surface area (TPSA) is 64.1 Å². The van der Waals surface area contributed by atoms with Crippen LogP contribution < -0.4 is 20.1 Å². The predicted octanol–water partition coefficient (Wildman–Crippen LogP) is 3.72. The largest absolute Gasteiger partial charge is 0.497 e. The number of ether oxygens (including phenoxy) is 3. The van der Waals surface area contributed by atoms with Gasteiger partial charge in [0.2, 0.25) is 0 Å². The highest BCUT2D eigenvalue weighted by Crippen LogP contribution is 2.24. The van der Waals surface area contributed by atoms with Crippen LogP contribution in [0.2, 0.25) is 0 Å². The maximum Gasteiger partial charge on any atom is 0.191 e. The molecule has 0 unspecified atom stereocenters. The van der Waals surface area contributed by atoms with Gasteiger partial charge in [0.25, 0.3) is 0 Å². The molecule has 0 fully saturated rings. The summed E-state index contributed by atoms with van der Waals surface area (Å²) < 4.78 is 15.9. The molecule has 7 heteroatoms. The van der Waals surface area contributed by atoms with Crippen molar-refractivity contribution < 1.29 is 14.2 Å². The van der Waals surface area contributed by atoms with Crippen LogP contribution in [0.15, 0.2) is 47.5 Å². The molecular weight excluding hydrogens is 469 g/mol. The maximum atomic E-state index is 5.45. The maximum absolute atomic E-state index is 5.45. The molecule has 0 saturated heterocycles. The quantitative estimate of drug-likeness (QED) is 0.313. The van der Waals surface area contributed by atoms with E-state index in [1.165, 1.54) is 0 Å². The Kier molecular flexibility index (Phi) is 11.4. The molecule has 2 N–H and O–H groups in total. The molecule has 0 saturated carbocycles. The fraction of sp³-hybridized carbons (Fsp3) is 0.381. The Morgan fingerprint density at radius 3 is 2.43 bits per heavy atom. The fourth-order valence-electron chi connectivity index (χ4n) is 2.67. The minimum atomic E-state index is 0. The van der Waals surface area contributed by atoms with E-state index >= 15 is 0 Å². The molecule has 0 aliphatic heterocycles. The summed E-state index contributed by atoms with van der Waals surface area (Å²) in [6.07, 6.45) is 0. The van der Waals surface area contributed by atoms with E-state index in [1.807, 2.05) is 31.2 Å². The van der Waals surface area contributed by atoms with Crippen molar-refractivity contribution in [3.05, 3.63) is 59.2 Å². The van der Waals surface area contributed by atoms with Gasteiger partial charge in [-0.25, -0.2) is 4.99 Å². The SMILES string of the molecule is CCNC(=NCc1cccc(COC)c1)NCc1ccc(OC)cc1OC.I. The number of aliphatic imine (C=N–C) groups is 1. The van der Waals surface area contributed by atoms with Crippen molar-refractivity contribution in [1.29, 1.82) is 0 Å². The Bertz CT molecular complexity index is 753. The van der Waals surface area contributed by atoms with Crippen LogP contribution in [-0.2, 0) is 24.4 Å². The van der Waals surface area contributed by atoms with Gasteiger partial charge in [-0.3, -0.25) is 0 Å². The Labute approximate surface area is 184 Å². The molecule has 0 amide bonds. The first-order chi connectivity index (χ1) is 13.2. The van der Waals surface area contributed by atoms with E-state index in [4.69, 9.17) is 14.2 Å². The van der Waals surface area contributed by atoms with Gasteiger partial charge in [-0.1, -0.05) is 24.3 Å². The number of guanidine groups is 1. The summed E-state index contributed by atoms with van der Waals surface area (Å²) in [5.41, 5.74) is 3.32. The normalized spacial score (nSPS) is 10.8. The van der Waals surface area contributed by atoms with Crippen LogP contribution >= 0.6 is 24.0 Å². The van der Waals surface area contributed by atoms with E-state index < -0.39 is 0 Å². The molecule has 0 spiro atoms.